The third kappa shape index (κ3) is 4.23. The van der Waals surface area contributed by atoms with Gasteiger partial charge in [0.25, 0.3) is 11.5 Å². The Kier molecular flexibility index (Phi) is 5.50. The minimum Gasteiger partial charge on any atom is -0.348 e. The molecule has 1 aromatic heterocycles. The second-order valence-electron chi connectivity index (χ2n) is 8.80. The number of ketones is 1. The molecule has 1 N–H and O–H groups in total. The molecule has 0 fully saturated rings. The third-order valence-corrected chi connectivity index (χ3v) is 5.61. The Labute approximate surface area is 183 Å². The van der Waals surface area contributed by atoms with Crippen LogP contribution in [0, 0.1) is 17.0 Å². The number of rotatable bonds is 4. The molecule has 32 heavy (non-hydrogen) atoms. The Morgan fingerprint density at radius 1 is 0.969 bits per heavy atom. The number of pyridine rings is 1. The molecule has 0 saturated heterocycles. The summed E-state index contributed by atoms with van der Waals surface area (Å²) in [5, 5.41) is 2.71. The second kappa shape index (κ2) is 8.15. The van der Waals surface area contributed by atoms with Crippen molar-refractivity contribution in [3.05, 3.63) is 99.0 Å². The number of hydrogen-bond donors (Lipinski definition) is 1. The SMILES string of the molecule is CC1(C)CC(=O)c2cn(-c3ccc(F)cc3)c(=O)c(C(=O)NCc3ccc(F)cc3)c2C1. The van der Waals surface area contributed by atoms with E-state index in [1.54, 1.807) is 12.1 Å². The van der Waals surface area contributed by atoms with E-state index in [4.69, 9.17) is 0 Å². The lowest BCUT2D eigenvalue weighted by molar-refractivity contribution is 0.0908. The molecule has 7 heteroatoms. The molecule has 0 aliphatic heterocycles. The Hall–Kier alpha value is -3.61. The van der Waals surface area contributed by atoms with Crippen LogP contribution in [-0.4, -0.2) is 16.3 Å². The first-order valence-corrected chi connectivity index (χ1v) is 10.2. The number of nitrogens with zero attached hydrogens (tertiary/aromatic N) is 1. The molecule has 4 rings (SSSR count). The van der Waals surface area contributed by atoms with Crippen LogP contribution in [0.2, 0.25) is 0 Å². The van der Waals surface area contributed by atoms with Gasteiger partial charge in [0.1, 0.15) is 17.2 Å². The van der Waals surface area contributed by atoms with Gasteiger partial charge in [-0.3, -0.25) is 19.0 Å². The summed E-state index contributed by atoms with van der Waals surface area (Å²) in [4.78, 5) is 39.4. The van der Waals surface area contributed by atoms with E-state index in [0.717, 1.165) is 0 Å². The standard InChI is InChI=1S/C25H22F2N2O3/c1-25(2)11-19-20(21(30)12-25)14-29(18-9-7-17(27)8-10-18)24(32)22(19)23(31)28-13-15-3-5-16(26)6-4-15/h3-10,14H,11-13H2,1-2H3,(H,28,31). The molecule has 164 valence electrons. The van der Waals surface area contributed by atoms with Crippen LogP contribution in [0.5, 0.6) is 0 Å². The summed E-state index contributed by atoms with van der Waals surface area (Å²) in [7, 11) is 0. The van der Waals surface area contributed by atoms with Crippen molar-refractivity contribution >= 4 is 11.7 Å². The van der Waals surface area contributed by atoms with Crippen molar-refractivity contribution in [2.24, 2.45) is 5.41 Å². The Balaban J connectivity index is 1.80. The summed E-state index contributed by atoms with van der Waals surface area (Å²) in [6.45, 7) is 3.93. The van der Waals surface area contributed by atoms with E-state index in [1.165, 1.54) is 47.2 Å². The fraction of sp³-hybridized carbons (Fsp3) is 0.240. The predicted molar refractivity (Wildman–Crippen MR) is 116 cm³/mol. The lowest BCUT2D eigenvalue weighted by Gasteiger charge is -2.31. The highest BCUT2D eigenvalue weighted by Crippen LogP contribution is 2.35. The Morgan fingerprint density at radius 3 is 2.19 bits per heavy atom. The number of fused-ring (bicyclic) bond motifs is 1. The van der Waals surface area contributed by atoms with Crippen molar-refractivity contribution < 1.29 is 18.4 Å². The van der Waals surface area contributed by atoms with Crippen molar-refractivity contribution in [1.82, 2.24) is 9.88 Å². The van der Waals surface area contributed by atoms with Crippen molar-refractivity contribution in [3.8, 4) is 5.69 Å². The van der Waals surface area contributed by atoms with Crippen LogP contribution in [0.1, 0.15) is 52.1 Å². The van der Waals surface area contributed by atoms with Gasteiger partial charge in [-0.15, -0.1) is 0 Å². The monoisotopic (exact) mass is 436 g/mol. The van der Waals surface area contributed by atoms with Gasteiger partial charge in [0.2, 0.25) is 0 Å². The maximum atomic E-state index is 13.4. The van der Waals surface area contributed by atoms with Crippen LogP contribution in [0.4, 0.5) is 8.78 Å². The normalized spacial score (nSPS) is 14.7. The van der Waals surface area contributed by atoms with Gasteiger partial charge in [-0.05, 0) is 59.4 Å². The molecule has 1 aliphatic rings. The number of Topliss-reactive ketones (excluding diaryl/α,β-unsaturated/α-hetero) is 1. The lowest BCUT2D eigenvalue weighted by atomic mass is 9.73. The van der Waals surface area contributed by atoms with E-state index in [2.05, 4.69) is 5.32 Å². The van der Waals surface area contributed by atoms with Crippen LogP contribution < -0.4 is 10.9 Å². The van der Waals surface area contributed by atoms with Gasteiger partial charge in [0, 0.05) is 30.4 Å². The number of amides is 1. The molecule has 1 heterocycles. The number of aromatic nitrogens is 1. The number of nitrogens with one attached hydrogen (secondary N) is 1. The molecule has 0 saturated carbocycles. The van der Waals surface area contributed by atoms with E-state index >= 15 is 0 Å². The van der Waals surface area contributed by atoms with Crippen LogP contribution in [-0.2, 0) is 13.0 Å². The molecule has 3 aromatic rings. The topological polar surface area (TPSA) is 68.2 Å². The maximum absolute atomic E-state index is 13.4. The molecule has 0 bridgehead atoms. The first kappa shape index (κ1) is 21.6. The Morgan fingerprint density at radius 2 is 1.56 bits per heavy atom. The molecule has 0 atom stereocenters. The number of benzene rings is 2. The zero-order valence-electron chi connectivity index (χ0n) is 17.7. The summed E-state index contributed by atoms with van der Waals surface area (Å²) in [5.41, 5.74) is 0.674. The molecule has 1 aliphatic carbocycles. The van der Waals surface area contributed by atoms with Crippen LogP contribution in [0.25, 0.3) is 5.69 Å². The zero-order chi connectivity index (χ0) is 23.0. The maximum Gasteiger partial charge on any atom is 0.268 e. The predicted octanol–water partition coefficient (Wildman–Crippen LogP) is 4.20. The zero-order valence-corrected chi connectivity index (χ0v) is 17.7. The van der Waals surface area contributed by atoms with Crippen molar-refractivity contribution in [2.75, 3.05) is 0 Å². The lowest BCUT2D eigenvalue weighted by Crippen LogP contribution is -2.38. The number of carbonyl (C=O) groups is 2. The van der Waals surface area contributed by atoms with E-state index in [-0.39, 0.29) is 30.1 Å². The molecular weight excluding hydrogens is 414 g/mol. The largest absolute Gasteiger partial charge is 0.348 e. The van der Waals surface area contributed by atoms with E-state index in [9.17, 15) is 23.2 Å². The first-order valence-electron chi connectivity index (χ1n) is 10.2. The summed E-state index contributed by atoms with van der Waals surface area (Å²) in [5.74, 6) is -1.62. The van der Waals surface area contributed by atoms with E-state index in [1.807, 2.05) is 13.8 Å². The molecule has 5 nitrogen and oxygen atoms in total. The highest BCUT2D eigenvalue weighted by atomic mass is 19.1. The average molecular weight is 436 g/mol. The molecule has 2 aromatic carbocycles. The van der Waals surface area contributed by atoms with Gasteiger partial charge in [0.15, 0.2) is 5.78 Å². The number of halogens is 2. The smallest absolute Gasteiger partial charge is 0.268 e. The van der Waals surface area contributed by atoms with Crippen molar-refractivity contribution in [3.63, 3.8) is 0 Å². The first-order chi connectivity index (χ1) is 15.1. The fourth-order valence-corrected chi connectivity index (χ4v) is 4.05. The van der Waals surface area contributed by atoms with Gasteiger partial charge in [-0.2, -0.15) is 0 Å². The third-order valence-electron chi connectivity index (χ3n) is 5.61. The van der Waals surface area contributed by atoms with Gasteiger partial charge >= 0.3 is 0 Å². The van der Waals surface area contributed by atoms with Crippen molar-refractivity contribution in [2.45, 2.75) is 33.2 Å². The van der Waals surface area contributed by atoms with E-state index < -0.39 is 22.7 Å². The van der Waals surface area contributed by atoms with Crippen LogP contribution in [0.15, 0.2) is 59.5 Å². The number of carbonyl (C=O) groups excluding carboxylic acids is 2. The summed E-state index contributed by atoms with van der Waals surface area (Å²) < 4.78 is 27.7. The van der Waals surface area contributed by atoms with Crippen LogP contribution in [0.3, 0.4) is 0 Å². The average Bonchev–Trinajstić information content (AvgIpc) is 2.73. The molecule has 0 spiro atoms. The van der Waals surface area contributed by atoms with Gasteiger partial charge in [0.05, 0.1) is 0 Å². The quantitative estimate of drug-likeness (QED) is 0.667. The van der Waals surface area contributed by atoms with E-state index in [0.29, 0.717) is 28.8 Å². The summed E-state index contributed by atoms with van der Waals surface area (Å²) >= 11 is 0. The van der Waals surface area contributed by atoms with Crippen molar-refractivity contribution in [1.29, 1.82) is 0 Å². The molecular formula is C25H22F2N2O3. The second-order valence-corrected chi connectivity index (χ2v) is 8.80. The minimum absolute atomic E-state index is 0.0934. The highest BCUT2D eigenvalue weighted by Gasteiger charge is 2.35. The van der Waals surface area contributed by atoms with Gasteiger partial charge in [-0.25, -0.2) is 8.78 Å². The number of hydrogen-bond acceptors (Lipinski definition) is 3. The molecule has 0 unspecified atom stereocenters. The highest BCUT2D eigenvalue weighted by molar-refractivity contribution is 6.04. The fourth-order valence-electron chi connectivity index (χ4n) is 4.05. The summed E-state index contributed by atoms with van der Waals surface area (Å²) in [6.07, 6.45) is 2.13. The molecule has 1 amide bonds. The van der Waals surface area contributed by atoms with Gasteiger partial charge < -0.3 is 5.32 Å². The molecule has 0 radical (unpaired) electrons. The Bertz CT molecular complexity index is 1260. The van der Waals surface area contributed by atoms with Crippen LogP contribution >= 0.6 is 0 Å². The summed E-state index contributed by atoms with van der Waals surface area (Å²) in [6, 6.07) is 10.9. The minimum atomic E-state index is -0.613. The van der Waals surface area contributed by atoms with Gasteiger partial charge in [-0.1, -0.05) is 26.0 Å².